The summed E-state index contributed by atoms with van der Waals surface area (Å²) in [6.45, 7) is 3.53. The fraction of sp³-hybridized carbons (Fsp3) is 0.478. The van der Waals surface area contributed by atoms with Crippen molar-refractivity contribution >= 4 is 0 Å². The molecule has 0 spiro atoms. The Balaban J connectivity index is 1.32. The van der Waals surface area contributed by atoms with Gasteiger partial charge in [0, 0.05) is 6.54 Å². The molecule has 25 heavy (non-hydrogen) atoms. The summed E-state index contributed by atoms with van der Waals surface area (Å²) in [5.41, 5.74) is 4.01. The van der Waals surface area contributed by atoms with Gasteiger partial charge >= 0.3 is 0 Å². The molecular weight excluding hydrogens is 306 g/mol. The van der Waals surface area contributed by atoms with Crippen molar-refractivity contribution in [3.63, 3.8) is 0 Å². The van der Waals surface area contributed by atoms with Crippen molar-refractivity contribution in [2.75, 3.05) is 19.6 Å². The second kappa shape index (κ2) is 7.72. The number of rotatable bonds is 3. The van der Waals surface area contributed by atoms with Crippen LogP contribution >= 0.6 is 0 Å². The Morgan fingerprint density at radius 2 is 1.60 bits per heavy atom. The minimum Gasteiger partial charge on any atom is -0.388 e. The number of aliphatic hydroxyl groups is 1. The minimum absolute atomic E-state index is 0.287. The maximum Gasteiger partial charge on any atom is 0.0795 e. The lowest BCUT2D eigenvalue weighted by Gasteiger charge is -2.34. The van der Waals surface area contributed by atoms with E-state index in [1.165, 1.54) is 43.5 Å². The highest BCUT2D eigenvalue weighted by molar-refractivity contribution is 5.30. The van der Waals surface area contributed by atoms with E-state index < -0.39 is 0 Å². The van der Waals surface area contributed by atoms with E-state index in [-0.39, 0.29) is 6.10 Å². The monoisotopic (exact) mass is 335 g/mol. The number of hydrogen-bond acceptors (Lipinski definition) is 2. The van der Waals surface area contributed by atoms with Gasteiger partial charge in [0.25, 0.3) is 0 Å². The highest BCUT2D eigenvalue weighted by Crippen LogP contribution is 2.34. The number of likely N-dealkylation sites (tertiary alicyclic amines) is 1. The summed E-state index contributed by atoms with van der Waals surface area (Å²) in [6.07, 6.45) is 5.46. The van der Waals surface area contributed by atoms with Crippen molar-refractivity contribution in [3.05, 3.63) is 71.3 Å². The third-order valence-corrected chi connectivity index (χ3v) is 6.17. The van der Waals surface area contributed by atoms with Gasteiger partial charge < -0.3 is 10.0 Å². The van der Waals surface area contributed by atoms with Crippen LogP contribution in [0.5, 0.6) is 0 Å². The van der Waals surface area contributed by atoms with Crippen molar-refractivity contribution in [1.82, 2.24) is 4.90 Å². The van der Waals surface area contributed by atoms with Gasteiger partial charge in [-0.1, -0.05) is 54.6 Å². The molecule has 2 aliphatic rings. The molecule has 1 saturated heterocycles. The Hall–Kier alpha value is -1.64. The molecule has 4 rings (SSSR count). The van der Waals surface area contributed by atoms with Gasteiger partial charge in [0.05, 0.1) is 6.10 Å². The SMILES string of the molecule is O[C@@H]1C[C@H](CN2CCC(c3ccccc3)CC2)CCc2ccccc21. The first-order valence-electron chi connectivity index (χ1n) is 9.83. The zero-order valence-electron chi connectivity index (χ0n) is 15.0. The highest BCUT2D eigenvalue weighted by atomic mass is 16.3. The van der Waals surface area contributed by atoms with Crippen molar-refractivity contribution in [3.8, 4) is 0 Å². The zero-order valence-corrected chi connectivity index (χ0v) is 15.0. The molecule has 2 heteroatoms. The van der Waals surface area contributed by atoms with Crippen LogP contribution in [0.1, 0.15) is 54.4 Å². The third-order valence-electron chi connectivity index (χ3n) is 6.17. The standard InChI is InChI=1S/C23H29NO/c25-23-16-18(10-11-21-8-4-5-9-22(21)23)17-24-14-12-20(13-15-24)19-6-2-1-3-7-19/h1-9,18,20,23,25H,10-17H2/t18-,23-/m1/s1. The molecule has 2 nitrogen and oxygen atoms in total. The quantitative estimate of drug-likeness (QED) is 0.832. The van der Waals surface area contributed by atoms with E-state index in [0.29, 0.717) is 5.92 Å². The van der Waals surface area contributed by atoms with Crippen LogP contribution in [0.15, 0.2) is 54.6 Å². The Labute approximate surface area is 151 Å². The van der Waals surface area contributed by atoms with Crippen LogP contribution in [0.25, 0.3) is 0 Å². The van der Waals surface area contributed by atoms with E-state index in [1.807, 2.05) is 0 Å². The lowest BCUT2D eigenvalue weighted by Crippen LogP contribution is -2.36. The molecule has 0 radical (unpaired) electrons. The van der Waals surface area contributed by atoms with Gasteiger partial charge in [-0.2, -0.15) is 0 Å². The predicted octanol–water partition coefficient (Wildman–Crippen LogP) is 4.55. The molecule has 0 unspecified atom stereocenters. The van der Waals surface area contributed by atoms with Gasteiger partial charge in [-0.3, -0.25) is 0 Å². The second-order valence-corrected chi connectivity index (χ2v) is 7.84. The van der Waals surface area contributed by atoms with Crippen LogP contribution in [0, 0.1) is 5.92 Å². The molecular formula is C23H29NO. The zero-order chi connectivity index (χ0) is 17.1. The number of piperidine rings is 1. The Morgan fingerprint density at radius 1 is 0.880 bits per heavy atom. The van der Waals surface area contributed by atoms with Gasteiger partial charge in [-0.15, -0.1) is 0 Å². The number of aliphatic hydroxyl groups excluding tert-OH is 1. The van der Waals surface area contributed by atoms with E-state index in [0.717, 1.165) is 30.9 Å². The first-order chi connectivity index (χ1) is 12.3. The van der Waals surface area contributed by atoms with Crippen molar-refractivity contribution in [2.24, 2.45) is 5.92 Å². The molecule has 1 fully saturated rings. The molecule has 2 aromatic carbocycles. The Morgan fingerprint density at radius 3 is 2.40 bits per heavy atom. The fourth-order valence-electron chi connectivity index (χ4n) is 4.71. The van der Waals surface area contributed by atoms with E-state index in [2.05, 4.69) is 59.5 Å². The number of benzene rings is 2. The maximum absolute atomic E-state index is 10.6. The molecule has 2 atom stereocenters. The van der Waals surface area contributed by atoms with E-state index in [4.69, 9.17) is 0 Å². The average molecular weight is 335 g/mol. The molecule has 1 heterocycles. The predicted molar refractivity (Wildman–Crippen MR) is 103 cm³/mol. The van der Waals surface area contributed by atoms with Gasteiger partial charge in [0.15, 0.2) is 0 Å². The summed E-state index contributed by atoms with van der Waals surface area (Å²) in [4.78, 5) is 2.63. The molecule has 2 aromatic rings. The van der Waals surface area contributed by atoms with Crippen molar-refractivity contribution < 1.29 is 5.11 Å². The first kappa shape index (κ1) is 16.8. The average Bonchev–Trinajstić information content (AvgIpc) is 2.82. The molecule has 0 saturated carbocycles. The summed E-state index contributed by atoms with van der Waals surface area (Å²) >= 11 is 0. The Kier molecular flexibility index (Phi) is 5.19. The van der Waals surface area contributed by atoms with Gasteiger partial charge in [0.1, 0.15) is 0 Å². The normalized spacial score (nSPS) is 25.3. The number of aryl methyl sites for hydroxylation is 1. The highest BCUT2D eigenvalue weighted by Gasteiger charge is 2.26. The molecule has 1 aliphatic heterocycles. The van der Waals surface area contributed by atoms with Crippen LogP contribution < -0.4 is 0 Å². The van der Waals surface area contributed by atoms with Crippen LogP contribution in [0.2, 0.25) is 0 Å². The minimum atomic E-state index is -0.287. The number of hydrogen-bond donors (Lipinski definition) is 1. The van der Waals surface area contributed by atoms with E-state index in [1.54, 1.807) is 0 Å². The smallest absolute Gasteiger partial charge is 0.0795 e. The second-order valence-electron chi connectivity index (χ2n) is 7.84. The summed E-state index contributed by atoms with van der Waals surface area (Å²) < 4.78 is 0. The molecule has 0 amide bonds. The summed E-state index contributed by atoms with van der Waals surface area (Å²) in [6, 6.07) is 19.4. The molecule has 1 N–H and O–H groups in total. The molecule has 0 aromatic heterocycles. The summed E-state index contributed by atoms with van der Waals surface area (Å²) in [7, 11) is 0. The largest absolute Gasteiger partial charge is 0.388 e. The van der Waals surface area contributed by atoms with Gasteiger partial charge in [-0.05, 0) is 73.7 Å². The lowest BCUT2D eigenvalue weighted by molar-refractivity contribution is 0.117. The fourth-order valence-corrected chi connectivity index (χ4v) is 4.71. The Bertz CT molecular complexity index is 676. The topological polar surface area (TPSA) is 23.5 Å². The van der Waals surface area contributed by atoms with Crippen molar-refractivity contribution in [1.29, 1.82) is 0 Å². The molecule has 0 bridgehead atoms. The third kappa shape index (κ3) is 3.96. The van der Waals surface area contributed by atoms with Gasteiger partial charge in [-0.25, -0.2) is 0 Å². The number of nitrogens with zero attached hydrogens (tertiary/aromatic N) is 1. The van der Waals surface area contributed by atoms with Crippen LogP contribution in [0.4, 0.5) is 0 Å². The molecule has 1 aliphatic carbocycles. The maximum atomic E-state index is 10.6. The van der Waals surface area contributed by atoms with Gasteiger partial charge in [0.2, 0.25) is 0 Å². The van der Waals surface area contributed by atoms with Crippen LogP contribution in [0.3, 0.4) is 0 Å². The summed E-state index contributed by atoms with van der Waals surface area (Å²) in [5.74, 6) is 1.33. The first-order valence-corrected chi connectivity index (χ1v) is 9.83. The van der Waals surface area contributed by atoms with Crippen LogP contribution in [-0.2, 0) is 6.42 Å². The van der Waals surface area contributed by atoms with E-state index in [9.17, 15) is 5.11 Å². The van der Waals surface area contributed by atoms with Crippen LogP contribution in [-0.4, -0.2) is 29.6 Å². The molecule has 132 valence electrons. The van der Waals surface area contributed by atoms with Crippen molar-refractivity contribution in [2.45, 2.75) is 44.1 Å². The lowest BCUT2D eigenvalue weighted by atomic mass is 9.88. The van der Waals surface area contributed by atoms with E-state index >= 15 is 0 Å². The summed E-state index contributed by atoms with van der Waals surface area (Å²) in [5, 5.41) is 10.6. The number of fused-ring (bicyclic) bond motifs is 1.